The first-order valence-corrected chi connectivity index (χ1v) is 5.57. The molecule has 3 nitrogen and oxygen atoms in total. The van der Waals surface area contributed by atoms with Crippen LogP contribution < -0.4 is 5.01 Å². The van der Waals surface area contributed by atoms with Gasteiger partial charge < -0.3 is 5.01 Å². The highest BCUT2D eigenvalue weighted by atomic mass is 35.5. The second-order valence-corrected chi connectivity index (χ2v) is 4.14. The fraction of sp³-hybridized carbons (Fsp3) is 0.364. The number of rotatable bonds is 3. The number of halogens is 2. The van der Waals surface area contributed by atoms with Crippen molar-refractivity contribution in [2.75, 3.05) is 25.0 Å². The zero-order chi connectivity index (χ0) is 11.7. The first-order valence-electron chi connectivity index (χ1n) is 5.04. The normalized spacial score (nSPS) is 11.0. The van der Waals surface area contributed by atoms with E-state index >= 15 is 0 Å². The first kappa shape index (κ1) is 11.2. The molecule has 86 valence electrons. The van der Waals surface area contributed by atoms with Gasteiger partial charge in [0.15, 0.2) is 0 Å². The minimum atomic E-state index is -0.257. The molecule has 0 aliphatic rings. The van der Waals surface area contributed by atoms with Crippen molar-refractivity contribution in [1.29, 1.82) is 0 Å². The largest absolute Gasteiger partial charge is 0.317 e. The molecule has 2 aromatic rings. The molecule has 0 saturated carbocycles. The maximum atomic E-state index is 13.2. The van der Waals surface area contributed by atoms with Crippen LogP contribution in [0.1, 0.15) is 5.82 Å². The summed E-state index contributed by atoms with van der Waals surface area (Å²) in [6.07, 6.45) is 0.663. The lowest BCUT2D eigenvalue weighted by Gasteiger charge is -2.17. The van der Waals surface area contributed by atoms with Crippen LogP contribution >= 0.6 is 11.6 Å². The number of hydrogen-bond acceptors (Lipinski definition) is 2. The van der Waals surface area contributed by atoms with Crippen LogP contribution in [0.15, 0.2) is 18.2 Å². The fourth-order valence-electron chi connectivity index (χ4n) is 1.78. The Balaban J connectivity index is 2.67. The van der Waals surface area contributed by atoms with Crippen LogP contribution in [-0.4, -0.2) is 29.6 Å². The number of nitrogens with zero attached hydrogens (tertiary/aromatic N) is 3. The minimum Gasteiger partial charge on any atom is -0.317 e. The average molecular weight is 242 g/mol. The van der Waals surface area contributed by atoms with Crippen molar-refractivity contribution in [2.24, 2.45) is 0 Å². The molecule has 0 spiro atoms. The van der Waals surface area contributed by atoms with E-state index < -0.39 is 0 Å². The maximum absolute atomic E-state index is 13.2. The SMILES string of the molecule is CN(C)n1c(CCCl)nc2ccc(F)cc21. The van der Waals surface area contributed by atoms with Gasteiger partial charge in [0, 0.05) is 32.5 Å². The van der Waals surface area contributed by atoms with Crippen molar-refractivity contribution in [3.63, 3.8) is 0 Å². The quantitative estimate of drug-likeness (QED) is 0.768. The zero-order valence-electron chi connectivity index (χ0n) is 9.24. The van der Waals surface area contributed by atoms with Gasteiger partial charge in [-0.15, -0.1) is 11.6 Å². The maximum Gasteiger partial charge on any atom is 0.130 e. The minimum absolute atomic E-state index is 0.257. The summed E-state index contributed by atoms with van der Waals surface area (Å²) in [7, 11) is 3.79. The molecule has 0 fully saturated rings. The van der Waals surface area contributed by atoms with Crippen molar-refractivity contribution < 1.29 is 4.39 Å². The number of alkyl halides is 1. The summed E-state index contributed by atoms with van der Waals surface area (Å²) in [6, 6.07) is 4.59. The predicted molar refractivity (Wildman–Crippen MR) is 64.2 cm³/mol. The van der Waals surface area contributed by atoms with E-state index in [-0.39, 0.29) is 5.82 Å². The Labute approximate surface area is 98.4 Å². The molecule has 1 heterocycles. The molecule has 5 heteroatoms. The molecule has 0 amide bonds. The molecule has 1 aromatic carbocycles. The molecule has 16 heavy (non-hydrogen) atoms. The van der Waals surface area contributed by atoms with E-state index in [1.165, 1.54) is 12.1 Å². The summed E-state index contributed by atoms with van der Waals surface area (Å²) in [5.41, 5.74) is 1.56. The van der Waals surface area contributed by atoms with Gasteiger partial charge in [-0.2, -0.15) is 0 Å². The van der Waals surface area contributed by atoms with Crippen LogP contribution in [-0.2, 0) is 6.42 Å². The van der Waals surface area contributed by atoms with Crippen molar-refractivity contribution in [1.82, 2.24) is 9.66 Å². The Kier molecular flexibility index (Phi) is 3.01. The molecule has 0 atom stereocenters. The molecule has 0 N–H and O–H groups in total. The number of imidazole rings is 1. The van der Waals surface area contributed by atoms with Crippen molar-refractivity contribution >= 4 is 22.6 Å². The van der Waals surface area contributed by atoms with Crippen LogP contribution in [0, 0.1) is 5.82 Å². The topological polar surface area (TPSA) is 21.1 Å². The average Bonchev–Trinajstić information content (AvgIpc) is 2.55. The Hall–Kier alpha value is -1.29. The molecular formula is C11H13ClFN3. The monoisotopic (exact) mass is 241 g/mol. The van der Waals surface area contributed by atoms with Gasteiger partial charge in [0.25, 0.3) is 0 Å². The molecular weight excluding hydrogens is 229 g/mol. The Bertz CT molecular complexity index is 507. The third kappa shape index (κ3) is 1.85. The van der Waals surface area contributed by atoms with Gasteiger partial charge in [-0.05, 0) is 12.1 Å². The van der Waals surface area contributed by atoms with E-state index in [9.17, 15) is 4.39 Å². The highest BCUT2D eigenvalue weighted by Crippen LogP contribution is 2.17. The predicted octanol–water partition coefficient (Wildman–Crippen LogP) is 2.15. The van der Waals surface area contributed by atoms with Crippen molar-refractivity contribution in [3.8, 4) is 0 Å². The van der Waals surface area contributed by atoms with Crippen molar-refractivity contribution in [3.05, 3.63) is 29.8 Å². The molecule has 0 aliphatic carbocycles. The van der Waals surface area contributed by atoms with Gasteiger partial charge in [0.05, 0.1) is 11.0 Å². The zero-order valence-corrected chi connectivity index (χ0v) is 10.00. The molecule has 2 rings (SSSR count). The highest BCUT2D eigenvalue weighted by molar-refractivity contribution is 6.17. The van der Waals surface area contributed by atoms with Gasteiger partial charge in [-0.25, -0.2) is 14.1 Å². The van der Waals surface area contributed by atoms with Gasteiger partial charge in [0.1, 0.15) is 11.6 Å². The second-order valence-electron chi connectivity index (χ2n) is 3.76. The van der Waals surface area contributed by atoms with Crippen LogP contribution in [0.5, 0.6) is 0 Å². The fourth-order valence-corrected chi connectivity index (χ4v) is 1.95. The standard InChI is InChI=1S/C11H13ClFN3/c1-15(2)16-10-7-8(13)3-4-9(10)14-11(16)5-6-12/h3-4,7H,5-6H2,1-2H3. The molecule has 0 bridgehead atoms. The number of aromatic nitrogens is 2. The Morgan fingerprint density at radius 3 is 2.81 bits per heavy atom. The lowest BCUT2D eigenvalue weighted by molar-refractivity contribution is 0.627. The molecule has 0 saturated heterocycles. The van der Waals surface area contributed by atoms with E-state index in [4.69, 9.17) is 11.6 Å². The van der Waals surface area contributed by atoms with E-state index in [2.05, 4.69) is 4.98 Å². The lowest BCUT2D eigenvalue weighted by atomic mass is 10.3. The summed E-state index contributed by atoms with van der Waals surface area (Å²) in [5, 5.41) is 1.87. The number of benzene rings is 1. The second kappa shape index (κ2) is 4.29. The van der Waals surface area contributed by atoms with Crippen LogP contribution in [0.2, 0.25) is 0 Å². The highest BCUT2D eigenvalue weighted by Gasteiger charge is 2.12. The lowest BCUT2D eigenvalue weighted by Crippen LogP contribution is -2.27. The number of hydrogen-bond donors (Lipinski definition) is 0. The van der Waals surface area contributed by atoms with Crippen molar-refractivity contribution in [2.45, 2.75) is 6.42 Å². The molecule has 1 aromatic heterocycles. The summed E-state index contributed by atoms with van der Waals surface area (Å²) in [4.78, 5) is 4.43. The summed E-state index contributed by atoms with van der Waals surface area (Å²) < 4.78 is 15.1. The number of fused-ring (bicyclic) bond motifs is 1. The first-order chi connectivity index (χ1) is 7.63. The van der Waals surface area contributed by atoms with Gasteiger partial charge >= 0.3 is 0 Å². The third-order valence-corrected chi connectivity index (χ3v) is 2.57. The molecule has 0 radical (unpaired) electrons. The van der Waals surface area contributed by atoms with Crippen LogP contribution in [0.4, 0.5) is 4.39 Å². The van der Waals surface area contributed by atoms with Gasteiger partial charge in [-0.3, -0.25) is 0 Å². The molecule has 0 aliphatic heterocycles. The Morgan fingerprint density at radius 2 is 2.19 bits per heavy atom. The number of aryl methyl sites for hydroxylation is 1. The smallest absolute Gasteiger partial charge is 0.130 e. The summed E-state index contributed by atoms with van der Waals surface area (Å²) >= 11 is 5.73. The van der Waals surface area contributed by atoms with Crippen LogP contribution in [0.3, 0.4) is 0 Å². The van der Waals surface area contributed by atoms with E-state index in [1.54, 1.807) is 6.07 Å². The van der Waals surface area contributed by atoms with E-state index in [0.717, 1.165) is 16.9 Å². The van der Waals surface area contributed by atoms with Crippen LogP contribution in [0.25, 0.3) is 11.0 Å². The van der Waals surface area contributed by atoms with E-state index in [0.29, 0.717) is 12.3 Å². The molecule has 0 unspecified atom stereocenters. The Morgan fingerprint density at radius 1 is 1.44 bits per heavy atom. The summed E-state index contributed by atoms with van der Waals surface area (Å²) in [5.74, 6) is 1.09. The van der Waals surface area contributed by atoms with Gasteiger partial charge in [-0.1, -0.05) is 0 Å². The van der Waals surface area contributed by atoms with Gasteiger partial charge in [0.2, 0.25) is 0 Å². The third-order valence-electron chi connectivity index (χ3n) is 2.38. The summed E-state index contributed by atoms with van der Waals surface area (Å²) in [6.45, 7) is 0. The van der Waals surface area contributed by atoms with E-state index in [1.807, 2.05) is 23.8 Å².